The first-order chi connectivity index (χ1) is 16.5. The molecule has 1 unspecified atom stereocenters. The van der Waals surface area contributed by atoms with Crippen LogP contribution in [0.2, 0.25) is 0 Å². The first kappa shape index (κ1) is 22.4. The zero-order valence-electron chi connectivity index (χ0n) is 20.0. The highest BCUT2D eigenvalue weighted by Crippen LogP contribution is 2.32. The summed E-state index contributed by atoms with van der Waals surface area (Å²) in [5.41, 5.74) is 7.58. The minimum atomic E-state index is -0.113. The Labute approximate surface area is 200 Å². The minimum Gasteiger partial charge on any atom is -0.371 e. The maximum absolute atomic E-state index is 13.8. The van der Waals surface area contributed by atoms with Gasteiger partial charge in [-0.15, -0.1) is 0 Å². The van der Waals surface area contributed by atoms with Crippen LogP contribution >= 0.6 is 0 Å². The molecule has 6 heteroatoms. The number of aryl methyl sites for hydroxylation is 2. The van der Waals surface area contributed by atoms with Gasteiger partial charge in [-0.1, -0.05) is 24.3 Å². The van der Waals surface area contributed by atoms with Crippen molar-refractivity contribution >= 4 is 11.6 Å². The average Bonchev–Trinajstić information content (AvgIpc) is 3.59. The van der Waals surface area contributed by atoms with Gasteiger partial charge < -0.3 is 9.64 Å². The molecule has 6 nitrogen and oxygen atoms in total. The summed E-state index contributed by atoms with van der Waals surface area (Å²) in [5.74, 6) is 0.519. The van der Waals surface area contributed by atoms with E-state index in [4.69, 9.17) is 4.74 Å². The fraction of sp³-hybridized carbons (Fsp3) is 0.357. The van der Waals surface area contributed by atoms with E-state index in [1.165, 1.54) is 24.0 Å². The Hall–Kier alpha value is -3.38. The van der Waals surface area contributed by atoms with E-state index < -0.39 is 0 Å². The van der Waals surface area contributed by atoms with Crippen LogP contribution in [0, 0.1) is 19.8 Å². The van der Waals surface area contributed by atoms with Crippen LogP contribution in [0.5, 0.6) is 0 Å². The molecule has 1 atom stereocenters. The van der Waals surface area contributed by atoms with E-state index in [1.807, 2.05) is 29.3 Å². The number of hydrogen-bond acceptors (Lipinski definition) is 5. The molecule has 2 aromatic rings. The van der Waals surface area contributed by atoms with Crippen LogP contribution in [0.25, 0.3) is 11.3 Å². The molecule has 174 valence electrons. The van der Waals surface area contributed by atoms with Crippen LogP contribution in [0.4, 0.5) is 0 Å². The van der Waals surface area contributed by atoms with E-state index in [0.29, 0.717) is 23.9 Å². The quantitative estimate of drug-likeness (QED) is 0.572. The van der Waals surface area contributed by atoms with Crippen LogP contribution in [-0.4, -0.2) is 52.8 Å². The van der Waals surface area contributed by atoms with Gasteiger partial charge in [0.05, 0.1) is 5.71 Å². The molecule has 0 N–H and O–H groups in total. The maximum atomic E-state index is 13.8. The number of methoxy groups -OCH3 is 1. The number of aromatic nitrogens is 2. The number of fused-ring (bicyclic) bond motifs is 1. The number of hydrogen-bond donors (Lipinski definition) is 0. The van der Waals surface area contributed by atoms with E-state index in [0.717, 1.165) is 35.4 Å². The Bertz CT molecular complexity index is 1240. The predicted molar refractivity (Wildman–Crippen MR) is 134 cm³/mol. The van der Waals surface area contributed by atoms with Crippen molar-refractivity contribution < 1.29 is 9.53 Å². The van der Waals surface area contributed by atoms with Gasteiger partial charge >= 0.3 is 0 Å². The highest BCUT2D eigenvalue weighted by atomic mass is 16.5. The molecule has 5 rings (SSSR count). The fourth-order valence-corrected chi connectivity index (χ4v) is 4.49. The Kier molecular flexibility index (Phi) is 6.24. The van der Waals surface area contributed by atoms with Gasteiger partial charge in [-0.2, -0.15) is 0 Å². The van der Waals surface area contributed by atoms with Crippen molar-refractivity contribution in [2.24, 2.45) is 10.9 Å². The van der Waals surface area contributed by atoms with Gasteiger partial charge in [-0.05, 0) is 67.9 Å². The fourth-order valence-electron chi connectivity index (χ4n) is 4.49. The molecule has 0 radical (unpaired) electrons. The van der Waals surface area contributed by atoms with Crippen molar-refractivity contribution in [2.45, 2.75) is 39.2 Å². The van der Waals surface area contributed by atoms with Gasteiger partial charge in [-0.3, -0.25) is 14.8 Å². The summed E-state index contributed by atoms with van der Waals surface area (Å²) >= 11 is 0. The number of carbonyl (C=O) groups is 1. The van der Waals surface area contributed by atoms with E-state index >= 15 is 0 Å². The summed E-state index contributed by atoms with van der Waals surface area (Å²) in [5, 5.41) is 0. The molecular weight excluding hydrogens is 424 g/mol. The first-order valence-electron chi connectivity index (χ1n) is 11.9. The first-order valence-corrected chi connectivity index (χ1v) is 11.9. The summed E-state index contributed by atoms with van der Waals surface area (Å²) < 4.78 is 5.54. The average molecular weight is 455 g/mol. The number of carbonyl (C=O) groups excluding carboxylic acids is 1. The molecule has 2 aliphatic carbocycles. The largest absolute Gasteiger partial charge is 0.371 e. The molecule has 1 aromatic heterocycles. The van der Waals surface area contributed by atoms with Crippen molar-refractivity contribution in [3.8, 4) is 11.3 Å². The van der Waals surface area contributed by atoms with Crippen LogP contribution in [0.3, 0.4) is 0 Å². The zero-order valence-corrected chi connectivity index (χ0v) is 20.0. The van der Waals surface area contributed by atoms with Crippen LogP contribution < -0.4 is 0 Å². The number of nitrogens with zero attached hydrogens (tertiary/aromatic N) is 4. The standard InChI is InChI=1S/C28H30N4O2/c1-18-7-10-21(15-19(18)2)25-27(30-13-12-29-25)28(33)32(17-20-8-9-20)14-11-22-16-31-26-23(22)5-4-6-24(26)34-3/h4-7,10,12-13,15-16,20,24H,8-9,11,14,17H2,1-3H3. The summed E-state index contributed by atoms with van der Waals surface area (Å²) in [4.78, 5) is 29.4. The maximum Gasteiger partial charge on any atom is 0.274 e. The molecule has 34 heavy (non-hydrogen) atoms. The second kappa shape index (κ2) is 9.47. The molecule has 1 saturated carbocycles. The number of rotatable bonds is 8. The lowest BCUT2D eigenvalue weighted by Gasteiger charge is -2.24. The molecule has 1 aliphatic heterocycles. The monoisotopic (exact) mass is 454 g/mol. The summed E-state index contributed by atoms with van der Waals surface area (Å²) in [6.45, 7) is 5.53. The Morgan fingerprint density at radius 2 is 1.97 bits per heavy atom. The van der Waals surface area contributed by atoms with Gasteiger partial charge in [0.15, 0.2) is 5.69 Å². The molecule has 1 fully saturated rings. The second-order valence-electron chi connectivity index (χ2n) is 9.29. The van der Waals surface area contributed by atoms with Gasteiger partial charge in [0, 0.05) is 49.9 Å². The SMILES string of the molecule is COC1C=CC=C2C(CCN(CC3CC3)C(=O)c3nccnc3-c3ccc(C)c(C)c3)=CN=C21. The molecule has 0 spiro atoms. The lowest BCUT2D eigenvalue weighted by Crippen LogP contribution is -2.35. The number of aliphatic imine (C=N–C) groups is 1. The molecule has 1 aromatic carbocycles. The van der Waals surface area contributed by atoms with E-state index in [2.05, 4.69) is 47.0 Å². The third-order valence-corrected chi connectivity index (χ3v) is 6.85. The Balaban J connectivity index is 1.37. The van der Waals surface area contributed by atoms with Gasteiger partial charge in [0.25, 0.3) is 5.91 Å². The number of benzene rings is 1. The normalized spacial score (nSPS) is 18.8. The van der Waals surface area contributed by atoms with E-state index in [-0.39, 0.29) is 12.0 Å². The van der Waals surface area contributed by atoms with Gasteiger partial charge in [0.2, 0.25) is 0 Å². The van der Waals surface area contributed by atoms with Crippen molar-refractivity contribution in [3.63, 3.8) is 0 Å². The smallest absolute Gasteiger partial charge is 0.274 e. The number of amides is 1. The summed E-state index contributed by atoms with van der Waals surface area (Å²) in [6.07, 6.45) is 14.3. The van der Waals surface area contributed by atoms with Gasteiger partial charge in [0.1, 0.15) is 11.8 Å². The Morgan fingerprint density at radius 3 is 2.74 bits per heavy atom. The zero-order chi connectivity index (χ0) is 23.7. The highest BCUT2D eigenvalue weighted by molar-refractivity contribution is 6.11. The van der Waals surface area contributed by atoms with Crippen LogP contribution in [0.15, 0.2) is 71.2 Å². The summed E-state index contributed by atoms with van der Waals surface area (Å²) in [6, 6.07) is 6.17. The van der Waals surface area contributed by atoms with Crippen molar-refractivity contribution in [1.29, 1.82) is 0 Å². The van der Waals surface area contributed by atoms with E-state index in [9.17, 15) is 4.79 Å². The third kappa shape index (κ3) is 4.50. The molecular formula is C28H30N4O2. The number of allylic oxidation sites excluding steroid dienone is 2. The van der Waals surface area contributed by atoms with Crippen molar-refractivity contribution in [2.75, 3.05) is 20.2 Å². The van der Waals surface area contributed by atoms with Crippen LogP contribution in [-0.2, 0) is 4.74 Å². The molecule has 3 aliphatic rings. The number of ether oxygens (including phenoxy) is 1. The molecule has 2 heterocycles. The predicted octanol–water partition coefficient (Wildman–Crippen LogP) is 4.85. The Morgan fingerprint density at radius 1 is 1.15 bits per heavy atom. The van der Waals surface area contributed by atoms with Gasteiger partial charge in [-0.25, -0.2) is 4.98 Å². The highest BCUT2D eigenvalue weighted by Gasteiger charge is 2.31. The second-order valence-corrected chi connectivity index (χ2v) is 9.29. The third-order valence-electron chi connectivity index (χ3n) is 6.85. The molecule has 1 amide bonds. The van der Waals surface area contributed by atoms with E-state index in [1.54, 1.807) is 19.5 Å². The van der Waals surface area contributed by atoms with Crippen molar-refractivity contribution in [1.82, 2.24) is 14.9 Å². The summed E-state index contributed by atoms with van der Waals surface area (Å²) in [7, 11) is 1.70. The minimum absolute atomic E-state index is 0.0553. The molecule has 0 bridgehead atoms. The molecule has 0 saturated heterocycles. The lowest BCUT2D eigenvalue weighted by atomic mass is 9.94. The van der Waals surface area contributed by atoms with Crippen LogP contribution in [0.1, 0.15) is 40.9 Å². The van der Waals surface area contributed by atoms with Crippen molar-refractivity contribution in [3.05, 3.63) is 83.0 Å². The lowest BCUT2D eigenvalue weighted by molar-refractivity contribution is 0.0744. The topological polar surface area (TPSA) is 67.7 Å².